The maximum atomic E-state index is 6.05. The number of aromatic nitrogens is 3. The van der Waals surface area contributed by atoms with Gasteiger partial charge in [0, 0.05) is 25.2 Å². The van der Waals surface area contributed by atoms with E-state index in [9.17, 15) is 0 Å². The Hall–Kier alpha value is -1.42. The molecule has 1 fully saturated rings. The molecule has 17 heavy (non-hydrogen) atoms. The number of hydrogen-bond donors (Lipinski definition) is 1. The third-order valence-corrected chi connectivity index (χ3v) is 3.77. The van der Waals surface area contributed by atoms with E-state index in [-0.39, 0.29) is 0 Å². The van der Waals surface area contributed by atoms with Crippen molar-refractivity contribution in [2.45, 2.75) is 37.6 Å². The Morgan fingerprint density at radius 3 is 3.06 bits per heavy atom. The second-order valence-electron chi connectivity index (χ2n) is 5.00. The summed E-state index contributed by atoms with van der Waals surface area (Å²) in [5, 5.41) is 0. The molecule has 0 aromatic carbocycles. The van der Waals surface area contributed by atoms with Crippen molar-refractivity contribution in [3.05, 3.63) is 24.2 Å². The third-order valence-electron chi connectivity index (χ3n) is 3.77. The van der Waals surface area contributed by atoms with Gasteiger partial charge in [0.15, 0.2) is 5.65 Å². The lowest BCUT2D eigenvalue weighted by atomic mass is 9.85. The Balaban J connectivity index is 2.02. The molecule has 2 N–H and O–H groups in total. The molecular weight excluding hydrogens is 212 g/mol. The van der Waals surface area contributed by atoms with Gasteiger partial charge in [-0.25, -0.2) is 9.97 Å². The number of rotatable bonds is 1. The van der Waals surface area contributed by atoms with Crippen LogP contribution in [0.4, 0.5) is 0 Å². The molecule has 0 radical (unpaired) electrons. The highest BCUT2D eigenvalue weighted by molar-refractivity contribution is 5.71. The fourth-order valence-corrected chi connectivity index (χ4v) is 2.87. The molecule has 1 aliphatic rings. The summed E-state index contributed by atoms with van der Waals surface area (Å²) in [5.41, 5.74) is 8.02. The Morgan fingerprint density at radius 2 is 2.29 bits per heavy atom. The molecule has 0 saturated heterocycles. The SMILES string of the molecule is Cn1c(C2CCCC(N)C2)nc2ncccc21. The smallest absolute Gasteiger partial charge is 0.177 e. The van der Waals surface area contributed by atoms with Gasteiger partial charge in [-0.2, -0.15) is 0 Å². The first kappa shape index (κ1) is 10.7. The van der Waals surface area contributed by atoms with Gasteiger partial charge in [-0.05, 0) is 31.4 Å². The highest BCUT2D eigenvalue weighted by Gasteiger charge is 2.24. The van der Waals surface area contributed by atoms with Gasteiger partial charge in [0.05, 0.1) is 5.52 Å². The second-order valence-corrected chi connectivity index (χ2v) is 5.00. The first-order valence-corrected chi connectivity index (χ1v) is 6.28. The molecule has 0 aliphatic heterocycles. The topological polar surface area (TPSA) is 56.7 Å². The average Bonchev–Trinajstić information content (AvgIpc) is 2.68. The van der Waals surface area contributed by atoms with E-state index in [1.54, 1.807) is 6.20 Å². The molecule has 2 aromatic rings. The minimum atomic E-state index is 0.335. The summed E-state index contributed by atoms with van der Waals surface area (Å²) >= 11 is 0. The van der Waals surface area contributed by atoms with E-state index in [0.717, 1.165) is 29.8 Å². The monoisotopic (exact) mass is 230 g/mol. The van der Waals surface area contributed by atoms with Crippen LogP contribution in [0.25, 0.3) is 11.2 Å². The molecular formula is C13H18N4. The predicted octanol–water partition coefficient (Wildman–Crippen LogP) is 1.95. The quantitative estimate of drug-likeness (QED) is 0.814. The van der Waals surface area contributed by atoms with Gasteiger partial charge in [-0.1, -0.05) is 6.42 Å². The zero-order valence-corrected chi connectivity index (χ0v) is 10.1. The summed E-state index contributed by atoms with van der Waals surface area (Å²) in [5.74, 6) is 1.65. The number of imidazole rings is 1. The molecule has 2 heterocycles. The lowest BCUT2D eigenvalue weighted by Crippen LogP contribution is -2.27. The maximum absolute atomic E-state index is 6.05. The number of aryl methyl sites for hydroxylation is 1. The van der Waals surface area contributed by atoms with Crippen molar-refractivity contribution in [1.82, 2.24) is 14.5 Å². The van der Waals surface area contributed by atoms with Crippen LogP contribution in [0.5, 0.6) is 0 Å². The molecule has 4 heteroatoms. The molecule has 4 nitrogen and oxygen atoms in total. The average molecular weight is 230 g/mol. The Labute approximate surface area is 101 Å². The summed E-state index contributed by atoms with van der Waals surface area (Å²) in [6.07, 6.45) is 6.41. The first-order chi connectivity index (χ1) is 8.25. The summed E-state index contributed by atoms with van der Waals surface area (Å²) < 4.78 is 2.17. The van der Waals surface area contributed by atoms with E-state index < -0.39 is 0 Å². The summed E-state index contributed by atoms with van der Waals surface area (Å²) in [6, 6.07) is 4.36. The molecule has 90 valence electrons. The molecule has 3 rings (SSSR count). The van der Waals surface area contributed by atoms with E-state index in [1.807, 2.05) is 6.07 Å². The van der Waals surface area contributed by atoms with Gasteiger partial charge in [0.1, 0.15) is 5.82 Å². The van der Waals surface area contributed by atoms with E-state index in [1.165, 1.54) is 12.8 Å². The standard InChI is InChI=1S/C13H18N4/c1-17-11-6-3-7-15-12(11)16-13(17)9-4-2-5-10(14)8-9/h3,6-7,9-10H,2,4-5,8,14H2,1H3. The minimum absolute atomic E-state index is 0.335. The van der Waals surface area contributed by atoms with E-state index in [0.29, 0.717) is 12.0 Å². The van der Waals surface area contributed by atoms with Crippen LogP contribution < -0.4 is 5.73 Å². The Bertz CT molecular complexity index is 531. The number of pyridine rings is 1. The van der Waals surface area contributed by atoms with Crippen molar-refractivity contribution in [1.29, 1.82) is 0 Å². The number of nitrogens with two attached hydrogens (primary N) is 1. The van der Waals surface area contributed by atoms with Crippen LogP contribution in [-0.4, -0.2) is 20.6 Å². The van der Waals surface area contributed by atoms with E-state index in [4.69, 9.17) is 5.73 Å². The summed E-state index contributed by atoms with van der Waals surface area (Å²) in [7, 11) is 2.08. The van der Waals surface area contributed by atoms with Crippen molar-refractivity contribution >= 4 is 11.2 Å². The lowest BCUT2D eigenvalue weighted by Gasteiger charge is -2.26. The molecule has 1 saturated carbocycles. The van der Waals surface area contributed by atoms with E-state index in [2.05, 4.69) is 27.6 Å². The zero-order chi connectivity index (χ0) is 11.8. The van der Waals surface area contributed by atoms with Crippen molar-refractivity contribution in [2.24, 2.45) is 12.8 Å². The first-order valence-electron chi connectivity index (χ1n) is 6.28. The van der Waals surface area contributed by atoms with Crippen LogP contribution in [0.2, 0.25) is 0 Å². The van der Waals surface area contributed by atoms with Crippen molar-refractivity contribution in [3.63, 3.8) is 0 Å². The van der Waals surface area contributed by atoms with Crippen LogP contribution in [0.1, 0.15) is 37.4 Å². The molecule has 1 aliphatic carbocycles. The number of hydrogen-bond acceptors (Lipinski definition) is 3. The van der Waals surface area contributed by atoms with Crippen LogP contribution in [0.3, 0.4) is 0 Å². The van der Waals surface area contributed by atoms with Gasteiger partial charge in [0.25, 0.3) is 0 Å². The molecule has 2 unspecified atom stereocenters. The van der Waals surface area contributed by atoms with E-state index >= 15 is 0 Å². The fraction of sp³-hybridized carbons (Fsp3) is 0.538. The van der Waals surface area contributed by atoms with Crippen LogP contribution in [-0.2, 0) is 7.05 Å². The van der Waals surface area contributed by atoms with Gasteiger partial charge in [0.2, 0.25) is 0 Å². The molecule has 0 spiro atoms. The minimum Gasteiger partial charge on any atom is -0.330 e. The van der Waals surface area contributed by atoms with Crippen molar-refractivity contribution in [3.8, 4) is 0 Å². The lowest BCUT2D eigenvalue weighted by molar-refractivity contribution is 0.378. The normalized spacial score (nSPS) is 25.3. The van der Waals surface area contributed by atoms with Gasteiger partial charge < -0.3 is 10.3 Å². The largest absolute Gasteiger partial charge is 0.330 e. The Morgan fingerprint density at radius 1 is 1.41 bits per heavy atom. The van der Waals surface area contributed by atoms with Crippen LogP contribution >= 0.6 is 0 Å². The number of nitrogens with zero attached hydrogens (tertiary/aromatic N) is 3. The van der Waals surface area contributed by atoms with Crippen LogP contribution in [0.15, 0.2) is 18.3 Å². The Kier molecular flexibility index (Phi) is 2.59. The van der Waals surface area contributed by atoms with Gasteiger partial charge in [-0.3, -0.25) is 0 Å². The predicted molar refractivity (Wildman–Crippen MR) is 67.7 cm³/mol. The summed E-state index contributed by atoms with van der Waals surface area (Å²) in [6.45, 7) is 0. The fourth-order valence-electron chi connectivity index (χ4n) is 2.87. The highest BCUT2D eigenvalue weighted by atomic mass is 15.1. The second kappa shape index (κ2) is 4.11. The third kappa shape index (κ3) is 1.82. The highest BCUT2D eigenvalue weighted by Crippen LogP contribution is 2.32. The molecule has 0 bridgehead atoms. The van der Waals surface area contributed by atoms with Crippen molar-refractivity contribution < 1.29 is 0 Å². The number of fused-ring (bicyclic) bond motifs is 1. The van der Waals surface area contributed by atoms with Crippen LogP contribution in [0, 0.1) is 0 Å². The molecule has 2 aromatic heterocycles. The van der Waals surface area contributed by atoms with Gasteiger partial charge in [-0.15, -0.1) is 0 Å². The van der Waals surface area contributed by atoms with Crippen molar-refractivity contribution in [2.75, 3.05) is 0 Å². The van der Waals surface area contributed by atoms with Gasteiger partial charge >= 0.3 is 0 Å². The molecule has 2 atom stereocenters. The summed E-state index contributed by atoms with van der Waals surface area (Å²) in [4.78, 5) is 8.98. The zero-order valence-electron chi connectivity index (χ0n) is 10.1. The maximum Gasteiger partial charge on any atom is 0.177 e. The molecule has 0 amide bonds.